The maximum atomic E-state index is 12.5. The minimum absolute atomic E-state index is 0.0586. The van der Waals surface area contributed by atoms with Crippen molar-refractivity contribution in [2.75, 3.05) is 39.3 Å². The predicted octanol–water partition coefficient (Wildman–Crippen LogP) is 5.31. The number of carbonyl (C=O) groups excluding carboxylic acids is 1. The molecule has 2 heterocycles. The van der Waals surface area contributed by atoms with Gasteiger partial charge in [0.05, 0.1) is 6.54 Å². The minimum atomic E-state index is -0.248. The number of nitrogens with zero attached hydrogens (tertiary/aromatic N) is 2. The average Bonchev–Trinajstić information content (AvgIpc) is 3.40. The first-order chi connectivity index (χ1) is 16.8. The van der Waals surface area contributed by atoms with Gasteiger partial charge in [0.2, 0.25) is 5.91 Å². The standard InChI is InChI=1S/C21H33N3O2.C7H6ClF/c1-16-5-6-19(18-7-11-24(12-8-18)21(25)14-22)20(13-16)26-15-17(2)23-9-3-4-10-23;1-5-2-3-6(8)4-7(5)9/h5-6,13,17-18H,3-4,7-12,14-15,22H2,1-2H3;2-4H,1H3. The van der Waals surface area contributed by atoms with Crippen molar-refractivity contribution in [3.63, 3.8) is 0 Å². The summed E-state index contributed by atoms with van der Waals surface area (Å²) in [6.07, 6.45) is 4.57. The second-order valence-corrected chi connectivity index (χ2v) is 10.1. The fraction of sp³-hybridized carbons (Fsp3) is 0.536. The Bertz CT molecular complexity index is 973. The first-order valence-corrected chi connectivity index (χ1v) is 13.0. The van der Waals surface area contributed by atoms with Crippen LogP contribution >= 0.6 is 11.6 Å². The first-order valence-electron chi connectivity index (χ1n) is 12.7. The molecule has 2 fully saturated rings. The number of ether oxygens (including phenoxy) is 1. The zero-order chi connectivity index (χ0) is 25.4. The number of rotatable bonds is 6. The fourth-order valence-electron chi connectivity index (χ4n) is 4.74. The van der Waals surface area contributed by atoms with Crippen LogP contribution in [-0.4, -0.2) is 61.1 Å². The normalized spacial score (nSPS) is 17.6. The molecule has 0 bridgehead atoms. The Morgan fingerprint density at radius 2 is 1.80 bits per heavy atom. The molecule has 0 saturated carbocycles. The van der Waals surface area contributed by atoms with Crippen LogP contribution in [0.25, 0.3) is 0 Å². The van der Waals surface area contributed by atoms with Crippen molar-refractivity contribution in [3.8, 4) is 5.75 Å². The molecule has 7 heteroatoms. The van der Waals surface area contributed by atoms with Crippen molar-refractivity contribution >= 4 is 17.5 Å². The number of hydrogen-bond acceptors (Lipinski definition) is 4. The summed E-state index contributed by atoms with van der Waals surface area (Å²) in [6.45, 7) is 10.9. The van der Waals surface area contributed by atoms with Gasteiger partial charge in [0.25, 0.3) is 0 Å². The summed E-state index contributed by atoms with van der Waals surface area (Å²) in [5.41, 5.74) is 8.64. The summed E-state index contributed by atoms with van der Waals surface area (Å²) in [4.78, 5) is 16.2. The Kier molecular flexibility index (Phi) is 10.4. The summed E-state index contributed by atoms with van der Waals surface area (Å²) in [5, 5.41) is 0.443. The Morgan fingerprint density at radius 1 is 1.11 bits per heavy atom. The first kappa shape index (κ1) is 27.4. The Balaban J connectivity index is 0.000000320. The summed E-state index contributed by atoms with van der Waals surface area (Å²) >= 11 is 5.48. The zero-order valence-electron chi connectivity index (χ0n) is 21.2. The molecule has 0 aliphatic carbocycles. The highest BCUT2D eigenvalue weighted by Crippen LogP contribution is 2.35. The van der Waals surface area contributed by atoms with Crippen molar-refractivity contribution in [2.45, 2.75) is 58.4 Å². The van der Waals surface area contributed by atoms with Crippen LogP contribution in [-0.2, 0) is 4.79 Å². The molecule has 1 unspecified atom stereocenters. The zero-order valence-corrected chi connectivity index (χ0v) is 22.0. The van der Waals surface area contributed by atoms with Gasteiger partial charge in [-0.2, -0.15) is 0 Å². The third-order valence-corrected chi connectivity index (χ3v) is 7.24. The number of aryl methyl sites for hydroxylation is 2. The number of benzene rings is 2. The number of piperidine rings is 1. The number of nitrogens with two attached hydrogens (primary N) is 1. The lowest BCUT2D eigenvalue weighted by Crippen LogP contribution is -2.41. The summed E-state index contributed by atoms with van der Waals surface area (Å²) in [6, 6.07) is 11.6. The third kappa shape index (κ3) is 7.92. The largest absolute Gasteiger partial charge is 0.492 e. The lowest BCUT2D eigenvalue weighted by molar-refractivity contribution is -0.130. The molecule has 2 saturated heterocycles. The van der Waals surface area contributed by atoms with Crippen LogP contribution in [0.1, 0.15) is 55.2 Å². The Labute approximate surface area is 214 Å². The van der Waals surface area contributed by atoms with Crippen molar-refractivity contribution in [3.05, 3.63) is 63.9 Å². The molecule has 2 aromatic rings. The second kappa shape index (κ2) is 13.2. The maximum Gasteiger partial charge on any atom is 0.236 e. The molecule has 0 spiro atoms. The quantitative estimate of drug-likeness (QED) is 0.580. The number of amides is 1. The maximum absolute atomic E-state index is 12.5. The van der Waals surface area contributed by atoms with E-state index in [0.29, 0.717) is 22.5 Å². The van der Waals surface area contributed by atoms with Crippen molar-refractivity contribution in [1.82, 2.24) is 9.80 Å². The molecular weight excluding hydrogens is 465 g/mol. The van der Waals surface area contributed by atoms with Crippen LogP contribution in [0, 0.1) is 19.7 Å². The van der Waals surface area contributed by atoms with Crippen molar-refractivity contribution in [2.24, 2.45) is 5.73 Å². The molecule has 0 radical (unpaired) electrons. The van der Waals surface area contributed by atoms with Gasteiger partial charge >= 0.3 is 0 Å². The molecule has 1 atom stereocenters. The van der Waals surface area contributed by atoms with Gasteiger partial charge in [0.15, 0.2) is 0 Å². The number of hydrogen-bond donors (Lipinski definition) is 1. The van der Waals surface area contributed by atoms with Crippen molar-refractivity contribution in [1.29, 1.82) is 0 Å². The highest BCUT2D eigenvalue weighted by molar-refractivity contribution is 6.30. The molecule has 2 aromatic carbocycles. The van der Waals surface area contributed by atoms with Crippen molar-refractivity contribution < 1.29 is 13.9 Å². The van der Waals surface area contributed by atoms with Gasteiger partial charge in [0, 0.05) is 24.2 Å². The average molecular weight is 504 g/mol. The lowest BCUT2D eigenvalue weighted by atomic mass is 9.88. The van der Waals surface area contributed by atoms with Gasteiger partial charge in [-0.05, 0) is 100 Å². The van der Waals surface area contributed by atoms with Gasteiger partial charge in [-0.25, -0.2) is 4.39 Å². The molecule has 35 heavy (non-hydrogen) atoms. The number of carbonyl (C=O) groups is 1. The van der Waals surface area contributed by atoms with E-state index in [1.54, 1.807) is 19.1 Å². The van der Waals surface area contributed by atoms with E-state index in [1.807, 2.05) is 4.90 Å². The molecular formula is C28H39ClFN3O2. The minimum Gasteiger partial charge on any atom is -0.492 e. The van der Waals surface area contributed by atoms with Gasteiger partial charge < -0.3 is 15.4 Å². The summed E-state index contributed by atoms with van der Waals surface area (Å²) in [7, 11) is 0. The van der Waals surface area contributed by atoms with Gasteiger partial charge in [-0.1, -0.05) is 29.8 Å². The fourth-order valence-corrected chi connectivity index (χ4v) is 4.90. The van der Waals surface area contributed by atoms with Crippen LogP contribution in [0.4, 0.5) is 4.39 Å². The highest BCUT2D eigenvalue weighted by atomic mass is 35.5. The number of likely N-dealkylation sites (tertiary alicyclic amines) is 2. The van der Waals surface area contributed by atoms with E-state index in [1.165, 1.54) is 43.1 Å². The predicted molar refractivity (Wildman–Crippen MR) is 141 cm³/mol. The highest BCUT2D eigenvalue weighted by Gasteiger charge is 2.26. The van der Waals surface area contributed by atoms with E-state index >= 15 is 0 Å². The molecule has 4 rings (SSSR count). The van der Waals surface area contributed by atoms with Crippen LogP contribution in [0.15, 0.2) is 36.4 Å². The van der Waals surface area contributed by atoms with E-state index in [4.69, 9.17) is 22.1 Å². The Hall–Kier alpha value is -2.15. The van der Waals surface area contributed by atoms with E-state index in [-0.39, 0.29) is 18.3 Å². The van der Waals surface area contributed by atoms with Crippen LogP contribution in [0.5, 0.6) is 5.75 Å². The van der Waals surface area contributed by atoms with Gasteiger partial charge in [0.1, 0.15) is 18.2 Å². The van der Waals surface area contributed by atoms with E-state index in [2.05, 4.69) is 36.9 Å². The number of halogens is 2. The van der Waals surface area contributed by atoms with E-state index < -0.39 is 0 Å². The summed E-state index contributed by atoms with van der Waals surface area (Å²) < 4.78 is 18.8. The molecule has 0 aromatic heterocycles. The SMILES string of the molecule is Cc1ccc(C2CCN(C(=O)CN)CC2)c(OCC(C)N2CCCC2)c1.Cc1ccc(Cl)cc1F. The van der Waals surface area contributed by atoms with Gasteiger partial charge in [-0.15, -0.1) is 0 Å². The summed E-state index contributed by atoms with van der Waals surface area (Å²) in [5.74, 6) is 1.29. The molecule has 2 N–H and O–H groups in total. The lowest BCUT2D eigenvalue weighted by Gasteiger charge is -2.33. The van der Waals surface area contributed by atoms with E-state index in [0.717, 1.165) is 38.3 Å². The van der Waals surface area contributed by atoms with Gasteiger partial charge in [-0.3, -0.25) is 9.69 Å². The van der Waals surface area contributed by atoms with Crippen LogP contribution < -0.4 is 10.5 Å². The third-order valence-electron chi connectivity index (χ3n) is 7.01. The molecule has 2 aliphatic heterocycles. The monoisotopic (exact) mass is 503 g/mol. The molecule has 192 valence electrons. The second-order valence-electron chi connectivity index (χ2n) is 9.70. The molecule has 5 nitrogen and oxygen atoms in total. The van der Waals surface area contributed by atoms with Crippen LogP contribution in [0.2, 0.25) is 5.02 Å². The topological polar surface area (TPSA) is 58.8 Å². The Morgan fingerprint density at radius 3 is 2.40 bits per heavy atom. The molecule has 1 amide bonds. The van der Waals surface area contributed by atoms with Crippen LogP contribution in [0.3, 0.4) is 0 Å². The van der Waals surface area contributed by atoms with E-state index in [9.17, 15) is 9.18 Å². The smallest absolute Gasteiger partial charge is 0.236 e. The molecule has 2 aliphatic rings.